The second-order valence-electron chi connectivity index (χ2n) is 9.84. The van der Waals surface area contributed by atoms with Crippen molar-refractivity contribution in [1.29, 1.82) is 0 Å². The van der Waals surface area contributed by atoms with Gasteiger partial charge in [-0.25, -0.2) is 0 Å². The third-order valence-corrected chi connectivity index (χ3v) is 6.37. The predicted molar refractivity (Wildman–Crippen MR) is 152 cm³/mol. The van der Waals surface area contributed by atoms with Gasteiger partial charge < -0.3 is 18.9 Å². The van der Waals surface area contributed by atoms with Crippen LogP contribution in [0.4, 0.5) is 0 Å². The summed E-state index contributed by atoms with van der Waals surface area (Å²) >= 11 is 0. The van der Waals surface area contributed by atoms with E-state index in [4.69, 9.17) is 18.9 Å². The molecule has 4 heteroatoms. The summed E-state index contributed by atoms with van der Waals surface area (Å²) in [6.45, 7) is 7.06. The van der Waals surface area contributed by atoms with E-state index in [9.17, 15) is 0 Å². The number of hydrogen-bond acceptors (Lipinski definition) is 4. The molecule has 1 rings (SSSR count). The molecule has 0 saturated heterocycles. The molecule has 0 radical (unpaired) electrons. The van der Waals surface area contributed by atoms with Crippen molar-refractivity contribution in [2.45, 2.75) is 136 Å². The number of unbranched alkanes of at least 4 members (excludes halogenated alkanes) is 13. The quantitative estimate of drug-likeness (QED) is 0.0678. The monoisotopic (exact) mass is 504 g/mol. The SMILES string of the molecule is CCCCCOC(CCCCCCCCCCCC=COCOCc1ccccc1)OCCCCC. The summed E-state index contributed by atoms with van der Waals surface area (Å²) in [6.07, 6.45) is 25.1. The second kappa shape index (κ2) is 26.7. The fraction of sp³-hybridized carbons (Fsp3) is 0.750. The zero-order valence-electron chi connectivity index (χ0n) is 23.6. The molecule has 0 N–H and O–H groups in total. The Hall–Kier alpha value is -1.36. The first-order valence-corrected chi connectivity index (χ1v) is 15.0. The predicted octanol–water partition coefficient (Wildman–Crippen LogP) is 9.72. The summed E-state index contributed by atoms with van der Waals surface area (Å²) in [7, 11) is 0. The smallest absolute Gasteiger partial charge is 0.188 e. The number of allylic oxidation sites excluding steroid dienone is 1. The summed E-state index contributed by atoms with van der Waals surface area (Å²) in [5.41, 5.74) is 1.17. The minimum absolute atomic E-state index is 0.0139. The van der Waals surface area contributed by atoms with E-state index in [1.54, 1.807) is 6.26 Å². The van der Waals surface area contributed by atoms with Crippen LogP contribution < -0.4 is 0 Å². The lowest BCUT2D eigenvalue weighted by Crippen LogP contribution is -2.19. The van der Waals surface area contributed by atoms with Gasteiger partial charge in [0.25, 0.3) is 0 Å². The van der Waals surface area contributed by atoms with Crippen molar-refractivity contribution in [2.75, 3.05) is 20.0 Å². The Bertz CT molecular complexity index is 563. The van der Waals surface area contributed by atoms with Crippen LogP contribution in [0.2, 0.25) is 0 Å². The van der Waals surface area contributed by atoms with Gasteiger partial charge in [0, 0.05) is 13.2 Å². The van der Waals surface area contributed by atoms with Crippen LogP contribution in [0.1, 0.15) is 129 Å². The van der Waals surface area contributed by atoms with E-state index in [2.05, 4.69) is 32.1 Å². The molecule has 0 heterocycles. The van der Waals surface area contributed by atoms with Crippen LogP contribution in [0.25, 0.3) is 0 Å². The normalized spacial score (nSPS) is 11.6. The Balaban J connectivity index is 1.87. The van der Waals surface area contributed by atoms with Crippen molar-refractivity contribution in [1.82, 2.24) is 0 Å². The lowest BCUT2D eigenvalue weighted by atomic mass is 10.1. The van der Waals surface area contributed by atoms with E-state index in [0.29, 0.717) is 13.4 Å². The van der Waals surface area contributed by atoms with Crippen LogP contribution in [0.5, 0.6) is 0 Å². The first kappa shape index (κ1) is 32.7. The van der Waals surface area contributed by atoms with Gasteiger partial charge in [-0.15, -0.1) is 0 Å². The van der Waals surface area contributed by atoms with Gasteiger partial charge in [-0.05, 0) is 50.2 Å². The molecule has 0 unspecified atom stereocenters. The van der Waals surface area contributed by atoms with Crippen LogP contribution in [-0.2, 0) is 25.6 Å². The lowest BCUT2D eigenvalue weighted by Gasteiger charge is -2.18. The van der Waals surface area contributed by atoms with Crippen molar-refractivity contribution < 1.29 is 18.9 Å². The molecule has 0 aliphatic heterocycles. The van der Waals surface area contributed by atoms with Crippen molar-refractivity contribution >= 4 is 0 Å². The van der Waals surface area contributed by atoms with Crippen LogP contribution in [0, 0.1) is 0 Å². The zero-order valence-corrected chi connectivity index (χ0v) is 23.6. The molecule has 1 aromatic rings. The first-order valence-electron chi connectivity index (χ1n) is 15.0. The molecule has 4 nitrogen and oxygen atoms in total. The van der Waals surface area contributed by atoms with Crippen molar-refractivity contribution in [2.24, 2.45) is 0 Å². The molecule has 0 aliphatic rings. The van der Waals surface area contributed by atoms with Gasteiger partial charge in [-0.2, -0.15) is 0 Å². The van der Waals surface area contributed by atoms with Crippen LogP contribution in [0.15, 0.2) is 42.7 Å². The van der Waals surface area contributed by atoms with Gasteiger partial charge in [0.15, 0.2) is 13.1 Å². The molecular formula is C32H56O4. The van der Waals surface area contributed by atoms with Crippen LogP contribution in [-0.4, -0.2) is 26.3 Å². The summed E-state index contributed by atoms with van der Waals surface area (Å²) < 4.78 is 22.9. The molecule has 0 aromatic heterocycles. The van der Waals surface area contributed by atoms with Gasteiger partial charge in [-0.3, -0.25) is 0 Å². The Morgan fingerprint density at radius 2 is 1.25 bits per heavy atom. The molecule has 208 valence electrons. The summed E-state index contributed by atoms with van der Waals surface area (Å²) in [4.78, 5) is 0. The van der Waals surface area contributed by atoms with Gasteiger partial charge in [0.1, 0.15) is 0 Å². The largest absolute Gasteiger partial charge is 0.475 e. The fourth-order valence-corrected chi connectivity index (χ4v) is 4.12. The maximum absolute atomic E-state index is 6.02. The number of hydrogen-bond donors (Lipinski definition) is 0. The fourth-order valence-electron chi connectivity index (χ4n) is 4.12. The molecule has 0 aliphatic carbocycles. The molecule has 1 aromatic carbocycles. The highest BCUT2D eigenvalue weighted by Gasteiger charge is 2.09. The zero-order chi connectivity index (χ0) is 25.8. The summed E-state index contributed by atoms with van der Waals surface area (Å²) in [5.74, 6) is 0. The van der Waals surface area contributed by atoms with E-state index in [1.807, 2.05) is 18.2 Å². The maximum atomic E-state index is 6.02. The minimum Gasteiger partial charge on any atom is -0.475 e. The molecule has 36 heavy (non-hydrogen) atoms. The number of rotatable bonds is 27. The molecule has 0 saturated carbocycles. The molecular weight excluding hydrogens is 448 g/mol. The molecule has 0 amide bonds. The molecule has 0 fully saturated rings. The Kier molecular flexibility index (Phi) is 24.2. The van der Waals surface area contributed by atoms with E-state index in [1.165, 1.54) is 89.0 Å². The summed E-state index contributed by atoms with van der Waals surface area (Å²) in [6, 6.07) is 10.2. The highest BCUT2D eigenvalue weighted by Crippen LogP contribution is 2.14. The van der Waals surface area contributed by atoms with Gasteiger partial charge in [0.05, 0.1) is 12.9 Å². The minimum atomic E-state index is 0.0139. The highest BCUT2D eigenvalue weighted by molar-refractivity contribution is 5.13. The van der Waals surface area contributed by atoms with Gasteiger partial charge in [-0.1, -0.05) is 115 Å². The number of ether oxygens (including phenoxy) is 4. The Labute approximate surface area is 223 Å². The van der Waals surface area contributed by atoms with Crippen molar-refractivity contribution in [3.05, 3.63) is 48.2 Å². The summed E-state index contributed by atoms with van der Waals surface area (Å²) in [5, 5.41) is 0. The lowest BCUT2D eigenvalue weighted by molar-refractivity contribution is -0.148. The van der Waals surface area contributed by atoms with E-state index in [-0.39, 0.29) is 6.29 Å². The molecule has 0 atom stereocenters. The van der Waals surface area contributed by atoms with E-state index < -0.39 is 0 Å². The average molecular weight is 505 g/mol. The highest BCUT2D eigenvalue weighted by atomic mass is 16.7. The Morgan fingerprint density at radius 1 is 0.667 bits per heavy atom. The van der Waals surface area contributed by atoms with E-state index in [0.717, 1.165) is 38.9 Å². The van der Waals surface area contributed by atoms with Crippen molar-refractivity contribution in [3.63, 3.8) is 0 Å². The maximum Gasteiger partial charge on any atom is 0.188 e. The van der Waals surface area contributed by atoms with Crippen molar-refractivity contribution in [3.8, 4) is 0 Å². The van der Waals surface area contributed by atoms with Crippen LogP contribution in [0.3, 0.4) is 0 Å². The average Bonchev–Trinajstić information content (AvgIpc) is 2.90. The van der Waals surface area contributed by atoms with Crippen LogP contribution >= 0.6 is 0 Å². The van der Waals surface area contributed by atoms with E-state index >= 15 is 0 Å². The first-order chi connectivity index (χ1) is 17.9. The molecule has 0 spiro atoms. The third kappa shape index (κ3) is 21.9. The van der Waals surface area contributed by atoms with Gasteiger partial charge in [0.2, 0.25) is 0 Å². The topological polar surface area (TPSA) is 36.9 Å². The third-order valence-electron chi connectivity index (χ3n) is 6.37. The Morgan fingerprint density at radius 3 is 1.86 bits per heavy atom. The molecule has 0 bridgehead atoms. The van der Waals surface area contributed by atoms with Gasteiger partial charge >= 0.3 is 0 Å². The standard InChI is InChI=1S/C32H56O4/c1-3-5-20-27-35-32(36-28-21-6-4-2)25-19-14-12-10-8-7-9-11-13-15-22-26-33-30-34-29-31-23-17-16-18-24-31/h16-18,22-24,26,32H,3-15,19-21,25,27-30H2,1-2H3. The second-order valence-corrected chi connectivity index (χ2v) is 9.84. The number of benzene rings is 1.